The van der Waals surface area contributed by atoms with Crippen molar-refractivity contribution in [2.24, 2.45) is 5.92 Å². The number of nitrogens with one attached hydrogen (secondary N) is 1. The zero-order chi connectivity index (χ0) is 21.7. The van der Waals surface area contributed by atoms with E-state index < -0.39 is 5.60 Å². The Labute approximate surface area is 178 Å². The first-order chi connectivity index (χ1) is 14.3. The Balaban J connectivity index is 1.57. The molecule has 164 valence electrons. The molecule has 0 unspecified atom stereocenters. The van der Waals surface area contributed by atoms with Crippen molar-refractivity contribution in [1.82, 2.24) is 9.88 Å². The van der Waals surface area contributed by atoms with Gasteiger partial charge in [0.15, 0.2) is 0 Å². The van der Waals surface area contributed by atoms with E-state index in [0.717, 1.165) is 66.8 Å². The van der Waals surface area contributed by atoms with Crippen molar-refractivity contribution in [3.63, 3.8) is 0 Å². The molecule has 1 amide bonds. The first-order valence-electron chi connectivity index (χ1n) is 10.6. The predicted octanol–water partition coefficient (Wildman–Crippen LogP) is 4.18. The Morgan fingerprint density at radius 2 is 2.03 bits per heavy atom. The molecule has 0 aliphatic carbocycles. The molecule has 3 rings (SSSR count). The van der Waals surface area contributed by atoms with Crippen LogP contribution in [0.4, 0.5) is 10.5 Å². The highest BCUT2D eigenvalue weighted by atomic mass is 16.6. The van der Waals surface area contributed by atoms with Crippen LogP contribution < -0.4 is 10.1 Å². The van der Waals surface area contributed by atoms with E-state index in [-0.39, 0.29) is 12.7 Å². The van der Waals surface area contributed by atoms with Gasteiger partial charge < -0.3 is 24.8 Å². The Morgan fingerprint density at radius 1 is 1.30 bits per heavy atom. The molecule has 0 atom stereocenters. The van der Waals surface area contributed by atoms with Crippen molar-refractivity contribution < 1.29 is 19.4 Å². The summed E-state index contributed by atoms with van der Waals surface area (Å²) in [4.78, 5) is 18.5. The second-order valence-corrected chi connectivity index (χ2v) is 8.83. The second-order valence-electron chi connectivity index (χ2n) is 8.83. The maximum Gasteiger partial charge on any atom is 0.410 e. The van der Waals surface area contributed by atoms with E-state index in [0.29, 0.717) is 5.92 Å². The Morgan fingerprint density at radius 3 is 2.67 bits per heavy atom. The lowest BCUT2D eigenvalue weighted by molar-refractivity contribution is 0.0182. The number of carbonyl (C=O) groups excluding carboxylic acids is 1. The molecule has 0 saturated carbocycles. The standard InChI is InChI=1S/C23H33N3O4/c1-23(2,3)30-22(28)26-11-8-16(9-12-26)7-10-24-21-17(15-27)14-25-20-6-5-18(29-4)13-19(20)21/h5-6,13-14,16,27H,7-12,15H2,1-4H3,(H,24,25). The Kier molecular flexibility index (Phi) is 7.02. The van der Waals surface area contributed by atoms with Crippen molar-refractivity contribution in [2.75, 3.05) is 32.1 Å². The zero-order valence-corrected chi connectivity index (χ0v) is 18.4. The fourth-order valence-electron chi connectivity index (χ4n) is 3.80. The molecule has 1 aliphatic heterocycles. The smallest absolute Gasteiger partial charge is 0.410 e. The number of aliphatic hydroxyl groups is 1. The number of anilines is 1. The normalized spacial score (nSPS) is 15.3. The molecule has 1 saturated heterocycles. The number of pyridine rings is 1. The van der Waals surface area contributed by atoms with Gasteiger partial charge in [0.1, 0.15) is 11.4 Å². The molecular weight excluding hydrogens is 382 g/mol. The van der Waals surface area contributed by atoms with Gasteiger partial charge in [0, 0.05) is 36.8 Å². The highest BCUT2D eigenvalue weighted by Crippen LogP contribution is 2.30. The van der Waals surface area contributed by atoms with Crippen LogP contribution in [0.2, 0.25) is 0 Å². The summed E-state index contributed by atoms with van der Waals surface area (Å²) in [6.45, 7) is 7.86. The van der Waals surface area contributed by atoms with Crippen LogP contribution in [0.25, 0.3) is 10.9 Å². The number of amides is 1. The summed E-state index contributed by atoms with van der Waals surface area (Å²) in [5, 5.41) is 14.2. The average Bonchev–Trinajstić information content (AvgIpc) is 2.72. The number of benzene rings is 1. The first kappa shape index (κ1) is 22.2. The lowest BCUT2D eigenvalue weighted by atomic mass is 9.93. The highest BCUT2D eigenvalue weighted by molar-refractivity contribution is 5.93. The third-order valence-corrected chi connectivity index (χ3v) is 5.44. The topological polar surface area (TPSA) is 83.9 Å². The maximum atomic E-state index is 12.2. The lowest BCUT2D eigenvalue weighted by Crippen LogP contribution is -2.41. The van der Waals surface area contributed by atoms with Gasteiger partial charge in [-0.05, 0) is 64.2 Å². The molecule has 1 aromatic heterocycles. The quantitative estimate of drug-likeness (QED) is 0.736. The molecule has 1 aliphatic rings. The van der Waals surface area contributed by atoms with Gasteiger partial charge in [-0.2, -0.15) is 0 Å². The van der Waals surface area contributed by atoms with E-state index >= 15 is 0 Å². The SMILES string of the molecule is COc1ccc2ncc(CO)c(NCCC3CCN(C(=O)OC(C)(C)C)CC3)c2c1. The molecule has 0 radical (unpaired) electrons. The van der Waals surface area contributed by atoms with Gasteiger partial charge in [-0.3, -0.25) is 4.98 Å². The summed E-state index contributed by atoms with van der Waals surface area (Å²) in [7, 11) is 1.64. The number of aliphatic hydroxyl groups excluding tert-OH is 1. The number of fused-ring (bicyclic) bond motifs is 1. The van der Waals surface area contributed by atoms with Crippen LogP contribution in [0.15, 0.2) is 24.4 Å². The number of piperidine rings is 1. The third kappa shape index (κ3) is 5.53. The number of hydrogen-bond acceptors (Lipinski definition) is 6. The van der Waals surface area contributed by atoms with Crippen molar-refractivity contribution >= 4 is 22.7 Å². The fraction of sp³-hybridized carbons (Fsp3) is 0.565. The maximum absolute atomic E-state index is 12.2. The van der Waals surface area contributed by atoms with Gasteiger partial charge in [0.25, 0.3) is 0 Å². The molecule has 1 aromatic carbocycles. The molecule has 2 N–H and O–H groups in total. The predicted molar refractivity (Wildman–Crippen MR) is 118 cm³/mol. The van der Waals surface area contributed by atoms with Crippen molar-refractivity contribution in [3.05, 3.63) is 30.0 Å². The van der Waals surface area contributed by atoms with Gasteiger partial charge in [0.2, 0.25) is 0 Å². The number of ether oxygens (including phenoxy) is 2. The van der Waals surface area contributed by atoms with Crippen molar-refractivity contribution in [2.45, 2.75) is 52.2 Å². The number of methoxy groups -OCH3 is 1. The summed E-state index contributed by atoms with van der Waals surface area (Å²) < 4.78 is 10.8. The highest BCUT2D eigenvalue weighted by Gasteiger charge is 2.26. The van der Waals surface area contributed by atoms with Crippen LogP contribution in [0.3, 0.4) is 0 Å². The summed E-state index contributed by atoms with van der Waals surface area (Å²) >= 11 is 0. The molecule has 30 heavy (non-hydrogen) atoms. The van der Waals surface area contributed by atoms with Crippen LogP contribution >= 0.6 is 0 Å². The van der Waals surface area contributed by atoms with E-state index in [4.69, 9.17) is 9.47 Å². The molecule has 0 bridgehead atoms. The summed E-state index contributed by atoms with van der Waals surface area (Å²) in [6, 6.07) is 5.76. The van der Waals surface area contributed by atoms with Crippen LogP contribution in [0.1, 0.15) is 45.6 Å². The first-order valence-corrected chi connectivity index (χ1v) is 10.6. The number of rotatable bonds is 6. The number of carbonyl (C=O) groups is 1. The second kappa shape index (κ2) is 9.51. The fourth-order valence-corrected chi connectivity index (χ4v) is 3.80. The molecule has 2 heterocycles. The zero-order valence-electron chi connectivity index (χ0n) is 18.4. The van der Waals surface area contributed by atoms with Crippen LogP contribution in [-0.4, -0.2) is 53.4 Å². The van der Waals surface area contributed by atoms with Crippen molar-refractivity contribution in [1.29, 1.82) is 0 Å². The minimum Gasteiger partial charge on any atom is -0.497 e. The molecule has 7 nitrogen and oxygen atoms in total. The number of aromatic nitrogens is 1. The number of nitrogens with zero attached hydrogens (tertiary/aromatic N) is 2. The van der Waals surface area contributed by atoms with Crippen LogP contribution in [0, 0.1) is 5.92 Å². The molecular formula is C23H33N3O4. The molecule has 2 aromatic rings. The monoisotopic (exact) mass is 415 g/mol. The minimum absolute atomic E-state index is 0.0727. The molecule has 0 spiro atoms. The number of hydrogen-bond donors (Lipinski definition) is 2. The molecule has 1 fully saturated rings. The van der Waals surface area contributed by atoms with E-state index in [1.807, 2.05) is 43.9 Å². The van der Waals surface area contributed by atoms with Crippen LogP contribution in [-0.2, 0) is 11.3 Å². The third-order valence-electron chi connectivity index (χ3n) is 5.44. The van der Waals surface area contributed by atoms with E-state index in [1.165, 1.54) is 0 Å². The summed E-state index contributed by atoms with van der Waals surface area (Å²) in [5.74, 6) is 1.31. The summed E-state index contributed by atoms with van der Waals surface area (Å²) in [6.07, 6.45) is 4.44. The van der Waals surface area contributed by atoms with Gasteiger partial charge in [-0.15, -0.1) is 0 Å². The molecule has 7 heteroatoms. The van der Waals surface area contributed by atoms with Gasteiger partial charge >= 0.3 is 6.09 Å². The van der Waals surface area contributed by atoms with Gasteiger partial charge in [-0.25, -0.2) is 4.79 Å². The largest absolute Gasteiger partial charge is 0.497 e. The van der Waals surface area contributed by atoms with Crippen molar-refractivity contribution in [3.8, 4) is 5.75 Å². The van der Waals surface area contributed by atoms with E-state index in [9.17, 15) is 9.90 Å². The Bertz CT molecular complexity index is 865. The summed E-state index contributed by atoms with van der Waals surface area (Å²) in [5.41, 5.74) is 2.09. The Hall–Kier alpha value is -2.54. The van der Waals surface area contributed by atoms with Crippen LogP contribution in [0.5, 0.6) is 5.75 Å². The average molecular weight is 416 g/mol. The lowest BCUT2D eigenvalue weighted by Gasteiger charge is -2.33. The van der Waals surface area contributed by atoms with Gasteiger partial charge in [-0.1, -0.05) is 0 Å². The van der Waals surface area contributed by atoms with Gasteiger partial charge in [0.05, 0.1) is 24.9 Å². The number of likely N-dealkylation sites (tertiary alicyclic amines) is 1. The van der Waals surface area contributed by atoms with E-state index in [2.05, 4.69) is 10.3 Å². The minimum atomic E-state index is -0.460. The van der Waals surface area contributed by atoms with E-state index in [1.54, 1.807) is 13.3 Å².